The van der Waals surface area contributed by atoms with E-state index in [1.807, 2.05) is 0 Å². The largest absolute Gasteiger partial charge is 0.634 e. The van der Waals surface area contributed by atoms with E-state index in [-0.39, 0.29) is 10.6 Å². The summed E-state index contributed by atoms with van der Waals surface area (Å²) < 4.78 is 9.48. The summed E-state index contributed by atoms with van der Waals surface area (Å²) in [5.41, 5.74) is -0.0379. The molecule has 0 heterocycles. The van der Waals surface area contributed by atoms with Crippen molar-refractivity contribution in [1.29, 1.82) is 0 Å². The molecule has 0 bridgehead atoms. The third-order valence-corrected chi connectivity index (χ3v) is 2.15. The molecule has 0 saturated heterocycles. The lowest BCUT2D eigenvalue weighted by Gasteiger charge is -2.19. The zero-order valence-electron chi connectivity index (χ0n) is 7.81. The standard InChI is InChI=1S/C8H8BClO5/c1-14-7-3-2-6(15-9(12)13)5(4-11)8(7)10/h2-3,6,12-13H,1H3. The number of allylic oxidation sites excluding steroid dienone is 1. The molecule has 1 unspecified atom stereocenters. The first kappa shape index (κ1) is 12.0. The van der Waals surface area contributed by atoms with Crippen LogP contribution in [0.5, 0.6) is 0 Å². The Morgan fingerprint density at radius 3 is 2.73 bits per heavy atom. The fourth-order valence-electron chi connectivity index (χ4n) is 1.11. The lowest BCUT2D eigenvalue weighted by atomic mass is 10.0. The van der Waals surface area contributed by atoms with Crippen LogP contribution in [0.2, 0.25) is 0 Å². The SMILES string of the molecule is COC1=C(Cl)C(=C=O)C(OB(O)O)C=C1. The summed E-state index contributed by atoms with van der Waals surface area (Å²) in [5.74, 6) is 1.87. The van der Waals surface area contributed by atoms with Crippen molar-refractivity contribution < 1.29 is 24.2 Å². The molecule has 0 aromatic rings. The van der Waals surface area contributed by atoms with E-state index in [0.29, 0.717) is 5.76 Å². The molecular formula is C8H8BClO5. The Labute approximate surface area is 91.4 Å². The Morgan fingerprint density at radius 1 is 1.60 bits per heavy atom. The lowest BCUT2D eigenvalue weighted by Crippen LogP contribution is -2.28. The van der Waals surface area contributed by atoms with Crippen LogP contribution in [-0.2, 0) is 14.2 Å². The maximum atomic E-state index is 10.6. The van der Waals surface area contributed by atoms with E-state index < -0.39 is 13.4 Å². The monoisotopic (exact) mass is 230 g/mol. The molecule has 15 heavy (non-hydrogen) atoms. The molecule has 80 valence electrons. The van der Waals surface area contributed by atoms with E-state index >= 15 is 0 Å². The smallest absolute Gasteiger partial charge is 0.495 e. The molecule has 1 aliphatic rings. The first-order valence-corrected chi connectivity index (χ1v) is 4.37. The summed E-state index contributed by atoms with van der Waals surface area (Å²) in [6, 6.07) is 0. The summed E-state index contributed by atoms with van der Waals surface area (Å²) in [5, 5.41) is 17.2. The second-order valence-electron chi connectivity index (χ2n) is 2.64. The van der Waals surface area contributed by atoms with Gasteiger partial charge in [-0.1, -0.05) is 11.6 Å². The fourth-order valence-corrected chi connectivity index (χ4v) is 1.39. The topological polar surface area (TPSA) is 76.0 Å². The number of carbonyl (C=O) groups excluding carboxylic acids is 1. The quantitative estimate of drug-likeness (QED) is 0.517. The van der Waals surface area contributed by atoms with Crippen LogP contribution in [-0.4, -0.2) is 36.5 Å². The first-order chi connectivity index (χ1) is 7.10. The van der Waals surface area contributed by atoms with E-state index in [1.54, 1.807) is 5.94 Å². The molecule has 2 N–H and O–H groups in total. The Balaban J connectivity index is 2.97. The van der Waals surface area contributed by atoms with Gasteiger partial charge in [-0.05, 0) is 12.2 Å². The highest BCUT2D eigenvalue weighted by atomic mass is 35.5. The van der Waals surface area contributed by atoms with Gasteiger partial charge in [-0.2, -0.15) is 0 Å². The average Bonchev–Trinajstić information content (AvgIpc) is 2.18. The minimum Gasteiger partial charge on any atom is -0.495 e. The molecular weight excluding hydrogens is 222 g/mol. The highest BCUT2D eigenvalue weighted by Crippen LogP contribution is 2.28. The van der Waals surface area contributed by atoms with Gasteiger partial charge in [-0.15, -0.1) is 0 Å². The van der Waals surface area contributed by atoms with Crippen LogP contribution in [0.1, 0.15) is 0 Å². The summed E-state index contributed by atoms with van der Waals surface area (Å²) in [7, 11) is -0.594. The van der Waals surface area contributed by atoms with Gasteiger partial charge < -0.3 is 19.4 Å². The summed E-state index contributed by atoms with van der Waals surface area (Å²) >= 11 is 5.79. The number of rotatable bonds is 3. The Hall–Kier alpha value is -1.04. The van der Waals surface area contributed by atoms with Gasteiger partial charge in [0.1, 0.15) is 17.8 Å². The summed E-state index contributed by atoms with van der Waals surface area (Å²) in [6.45, 7) is 0. The van der Waals surface area contributed by atoms with Crippen LogP contribution in [0.4, 0.5) is 0 Å². The lowest BCUT2D eigenvalue weighted by molar-refractivity contribution is 0.166. The number of methoxy groups -OCH3 is 1. The van der Waals surface area contributed by atoms with Gasteiger partial charge in [-0.3, -0.25) is 0 Å². The van der Waals surface area contributed by atoms with Crippen molar-refractivity contribution in [2.75, 3.05) is 7.11 Å². The van der Waals surface area contributed by atoms with Crippen molar-refractivity contribution in [3.05, 3.63) is 28.5 Å². The van der Waals surface area contributed by atoms with E-state index in [2.05, 4.69) is 4.65 Å². The Bertz CT molecular complexity index is 356. The normalized spacial score (nSPS) is 20.3. The molecule has 0 spiro atoms. The van der Waals surface area contributed by atoms with E-state index in [9.17, 15) is 4.79 Å². The van der Waals surface area contributed by atoms with Gasteiger partial charge in [0.2, 0.25) is 0 Å². The molecule has 1 atom stereocenters. The van der Waals surface area contributed by atoms with E-state index in [0.717, 1.165) is 0 Å². The van der Waals surface area contributed by atoms with Gasteiger partial charge in [0.15, 0.2) is 0 Å². The predicted octanol–water partition coefficient (Wildman–Crippen LogP) is -0.234. The maximum Gasteiger partial charge on any atom is 0.634 e. The molecule has 0 amide bonds. The molecule has 0 aliphatic heterocycles. The zero-order valence-corrected chi connectivity index (χ0v) is 8.56. The first-order valence-electron chi connectivity index (χ1n) is 3.99. The molecule has 7 heteroatoms. The van der Waals surface area contributed by atoms with Gasteiger partial charge in [0.25, 0.3) is 0 Å². The van der Waals surface area contributed by atoms with Crippen LogP contribution in [0, 0.1) is 0 Å². The highest BCUT2D eigenvalue weighted by Gasteiger charge is 2.27. The van der Waals surface area contributed by atoms with Crippen molar-refractivity contribution in [3.63, 3.8) is 0 Å². The number of ether oxygens (including phenoxy) is 1. The van der Waals surface area contributed by atoms with Crippen LogP contribution >= 0.6 is 11.6 Å². The molecule has 0 fully saturated rings. The van der Waals surface area contributed by atoms with Crippen molar-refractivity contribution in [2.24, 2.45) is 0 Å². The Morgan fingerprint density at radius 2 is 2.27 bits per heavy atom. The highest BCUT2D eigenvalue weighted by molar-refractivity contribution is 6.34. The molecule has 0 aromatic heterocycles. The van der Waals surface area contributed by atoms with Crippen molar-refractivity contribution >= 4 is 24.9 Å². The van der Waals surface area contributed by atoms with E-state index in [1.165, 1.54) is 19.3 Å². The predicted molar refractivity (Wildman–Crippen MR) is 53.3 cm³/mol. The fraction of sp³-hybridized carbons (Fsp3) is 0.250. The second-order valence-corrected chi connectivity index (χ2v) is 3.02. The minimum absolute atomic E-state index is 0.0379. The van der Waals surface area contributed by atoms with Crippen LogP contribution in [0.15, 0.2) is 28.5 Å². The van der Waals surface area contributed by atoms with Crippen LogP contribution in [0.25, 0.3) is 0 Å². The molecule has 5 nitrogen and oxygen atoms in total. The average molecular weight is 230 g/mol. The van der Waals surface area contributed by atoms with E-state index in [4.69, 9.17) is 26.4 Å². The summed E-state index contributed by atoms with van der Waals surface area (Å²) in [6.07, 6.45) is 1.94. The van der Waals surface area contributed by atoms with Crippen LogP contribution < -0.4 is 0 Å². The minimum atomic E-state index is -1.99. The maximum absolute atomic E-state index is 10.6. The van der Waals surface area contributed by atoms with Gasteiger partial charge in [0.05, 0.1) is 17.7 Å². The van der Waals surface area contributed by atoms with Crippen molar-refractivity contribution in [1.82, 2.24) is 0 Å². The molecule has 0 aromatic carbocycles. The molecule has 1 aliphatic carbocycles. The number of hydrogen-bond donors (Lipinski definition) is 2. The molecule has 0 saturated carbocycles. The third kappa shape index (κ3) is 2.71. The molecule has 1 rings (SSSR count). The van der Waals surface area contributed by atoms with Crippen molar-refractivity contribution in [2.45, 2.75) is 6.10 Å². The summed E-state index contributed by atoms with van der Waals surface area (Å²) in [4.78, 5) is 10.6. The Kier molecular flexibility index (Phi) is 4.14. The van der Waals surface area contributed by atoms with Gasteiger partial charge >= 0.3 is 7.32 Å². The second kappa shape index (κ2) is 5.16. The number of halogens is 1. The van der Waals surface area contributed by atoms with Crippen LogP contribution in [0.3, 0.4) is 0 Å². The van der Waals surface area contributed by atoms with Gasteiger partial charge in [0, 0.05) is 0 Å². The third-order valence-electron chi connectivity index (χ3n) is 1.76. The van der Waals surface area contributed by atoms with Gasteiger partial charge in [-0.25, -0.2) is 4.79 Å². The van der Waals surface area contributed by atoms with Crippen molar-refractivity contribution in [3.8, 4) is 0 Å². The zero-order chi connectivity index (χ0) is 11.4. The molecule has 0 radical (unpaired) electrons. The number of hydrogen-bond acceptors (Lipinski definition) is 5.